The topological polar surface area (TPSA) is 0 Å². The lowest BCUT2D eigenvalue weighted by atomic mass is 10.1. The number of benzene rings is 2. The number of hydrogen-bond acceptors (Lipinski definition) is 0. The third-order valence-corrected chi connectivity index (χ3v) is 1.82. The quantitative estimate of drug-likeness (QED) is 0.610. The molecule has 2 aromatic carbocycles. The molecule has 0 atom stereocenters. The summed E-state index contributed by atoms with van der Waals surface area (Å²) in [6, 6.07) is 9.49. The van der Waals surface area contributed by atoms with Crippen LogP contribution in [-0.2, 0) is 0 Å². The molecule has 0 N–H and O–H groups in total. The molecule has 0 saturated heterocycles. The normalized spacial score (nSPS) is 9.69. The van der Waals surface area contributed by atoms with E-state index in [0.717, 1.165) is 11.5 Å². The first kappa shape index (κ1) is 9.93. The van der Waals surface area contributed by atoms with E-state index in [9.17, 15) is 8.78 Å². The fourth-order valence-electron chi connectivity index (χ4n) is 1.21. The molecule has 0 unspecified atom stereocenters. The van der Waals surface area contributed by atoms with Gasteiger partial charge in [0.15, 0.2) is 11.6 Å². The van der Waals surface area contributed by atoms with E-state index in [0.29, 0.717) is 5.39 Å². The molecule has 68 valence electrons. The molecule has 0 aliphatic rings. The molecule has 0 spiro atoms. The first-order valence-corrected chi connectivity index (χ1v) is 3.62. The van der Waals surface area contributed by atoms with Crippen LogP contribution < -0.4 is 0 Å². The fourth-order valence-corrected chi connectivity index (χ4v) is 1.21. The zero-order valence-electron chi connectivity index (χ0n) is 6.63. The molecule has 0 nitrogen and oxygen atoms in total. The van der Waals surface area contributed by atoms with Gasteiger partial charge in [-0.15, -0.1) is 12.4 Å². The maximum atomic E-state index is 13.0. The van der Waals surface area contributed by atoms with E-state index in [1.165, 1.54) is 0 Å². The second kappa shape index (κ2) is 3.71. The van der Waals surface area contributed by atoms with Gasteiger partial charge in [0.25, 0.3) is 0 Å². The molecule has 0 saturated carbocycles. The monoisotopic (exact) mass is 200 g/mol. The minimum absolute atomic E-state index is 0. The first-order valence-electron chi connectivity index (χ1n) is 3.62. The lowest BCUT2D eigenvalue weighted by Gasteiger charge is -1.98. The Bertz CT molecular complexity index is 426. The van der Waals surface area contributed by atoms with Crippen molar-refractivity contribution in [2.45, 2.75) is 0 Å². The van der Waals surface area contributed by atoms with Crippen molar-refractivity contribution < 1.29 is 8.78 Å². The Morgan fingerprint density at radius 2 is 1.54 bits per heavy atom. The summed E-state index contributed by atoms with van der Waals surface area (Å²) in [6.45, 7) is 0. The minimum Gasteiger partial charge on any atom is -0.204 e. The second-order valence-corrected chi connectivity index (χ2v) is 2.58. The molecular weight excluding hydrogens is 194 g/mol. The van der Waals surface area contributed by atoms with Gasteiger partial charge in [-0.1, -0.05) is 30.3 Å². The number of hydrogen-bond donors (Lipinski definition) is 0. The zero-order valence-corrected chi connectivity index (χ0v) is 7.44. The highest BCUT2D eigenvalue weighted by Crippen LogP contribution is 2.19. The predicted octanol–water partition coefficient (Wildman–Crippen LogP) is 3.54. The van der Waals surface area contributed by atoms with Gasteiger partial charge < -0.3 is 0 Å². The number of rotatable bonds is 0. The van der Waals surface area contributed by atoms with E-state index in [1.54, 1.807) is 30.3 Å². The molecule has 3 heteroatoms. The molecule has 0 radical (unpaired) electrons. The molecule has 0 bridgehead atoms. The van der Waals surface area contributed by atoms with E-state index in [2.05, 4.69) is 0 Å². The Morgan fingerprint density at radius 3 is 2.31 bits per heavy atom. The minimum atomic E-state index is -0.797. The maximum absolute atomic E-state index is 13.0. The summed E-state index contributed by atoms with van der Waals surface area (Å²) in [5, 5.41) is 1.05. The summed E-state index contributed by atoms with van der Waals surface area (Å²) in [5.74, 6) is -1.57. The van der Waals surface area contributed by atoms with Gasteiger partial charge in [0, 0.05) is 5.39 Å². The molecule has 0 fully saturated rings. The zero-order chi connectivity index (χ0) is 8.55. The lowest BCUT2D eigenvalue weighted by Crippen LogP contribution is -1.84. The molecule has 2 aromatic rings. The Labute approximate surface area is 80.6 Å². The largest absolute Gasteiger partial charge is 0.204 e. The smallest absolute Gasteiger partial charge is 0.166 e. The van der Waals surface area contributed by atoms with Gasteiger partial charge >= 0.3 is 0 Å². The molecule has 0 amide bonds. The van der Waals surface area contributed by atoms with E-state index in [1.807, 2.05) is 0 Å². The van der Waals surface area contributed by atoms with Crippen LogP contribution >= 0.6 is 12.4 Å². The van der Waals surface area contributed by atoms with E-state index < -0.39 is 11.6 Å². The number of halogens is 3. The van der Waals surface area contributed by atoms with Gasteiger partial charge in [-0.05, 0) is 11.5 Å². The standard InChI is InChI=1S/C10H6F2.ClH/c11-9-6-5-7-3-1-2-4-8(7)10(9)12;/h1-6H;1H. The van der Waals surface area contributed by atoms with Crippen LogP contribution in [0.15, 0.2) is 36.4 Å². The summed E-state index contributed by atoms with van der Waals surface area (Å²) in [4.78, 5) is 0. The molecule has 0 heterocycles. The van der Waals surface area contributed by atoms with E-state index in [4.69, 9.17) is 0 Å². The summed E-state index contributed by atoms with van der Waals surface area (Å²) in [5.41, 5.74) is 0. The Balaban J connectivity index is 0.000000845. The van der Waals surface area contributed by atoms with Crippen LogP contribution in [0.4, 0.5) is 8.78 Å². The highest BCUT2D eigenvalue weighted by molar-refractivity contribution is 5.85. The van der Waals surface area contributed by atoms with Gasteiger partial charge in [0.05, 0.1) is 0 Å². The summed E-state index contributed by atoms with van der Waals surface area (Å²) in [6.07, 6.45) is 0. The molecule has 0 aliphatic carbocycles. The molecule has 0 aromatic heterocycles. The van der Waals surface area contributed by atoms with Crippen molar-refractivity contribution >= 4 is 23.2 Å². The van der Waals surface area contributed by atoms with Crippen molar-refractivity contribution in [3.05, 3.63) is 48.0 Å². The average molecular weight is 201 g/mol. The van der Waals surface area contributed by atoms with Gasteiger partial charge in [-0.25, -0.2) is 8.78 Å². The molecule has 13 heavy (non-hydrogen) atoms. The van der Waals surface area contributed by atoms with Crippen LogP contribution in [0.1, 0.15) is 0 Å². The first-order chi connectivity index (χ1) is 5.79. The Morgan fingerprint density at radius 1 is 0.846 bits per heavy atom. The molecular formula is C10H7ClF2. The Kier molecular flexibility index (Phi) is 2.83. The summed E-state index contributed by atoms with van der Waals surface area (Å²) < 4.78 is 25.7. The summed E-state index contributed by atoms with van der Waals surface area (Å²) >= 11 is 0. The highest BCUT2D eigenvalue weighted by Gasteiger charge is 2.04. The van der Waals surface area contributed by atoms with Gasteiger partial charge in [-0.2, -0.15) is 0 Å². The number of fused-ring (bicyclic) bond motifs is 1. The van der Waals surface area contributed by atoms with E-state index >= 15 is 0 Å². The van der Waals surface area contributed by atoms with Crippen LogP contribution in [0.2, 0.25) is 0 Å². The van der Waals surface area contributed by atoms with Crippen LogP contribution in [0.3, 0.4) is 0 Å². The average Bonchev–Trinajstić information content (AvgIpc) is 2.12. The van der Waals surface area contributed by atoms with Crippen LogP contribution in [0, 0.1) is 11.6 Å². The highest BCUT2D eigenvalue weighted by atomic mass is 35.5. The molecule has 2 rings (SSSR count). The third-order valence-electron chi connectivity index (χ3n) is 1.82. The van der Waals surface area contributed by atoms with Crippen molar-refractivity contribution in [3.8, 4) is 0 Å². The van der Waals surface area contributed by atoms with Gasteiger partial charge in [-0.3, -0.25) is 0 Å². The summed E-state index contributed by atoms with van der Waals surface area (Å²) in [7, 11) is 0. The van der Waals surface area contributed by atoms with Crippen LogP contribution in [-0.4, -0.2) is 0 Å². The maximum Gasteiger partial charge on any atom is 0.166 e. The lowest BCUT2D eigenvalue weighted by molar-refractivity contribution is 0.517. The second-order valence-electron chi connectivity index (χ2n) is 2.58. The molecule has 0 aliphatic heterocycles. The van der Waals surface area contributed by atoms with Crippen molar-refractivity contribution in [2.75, 3.05) is 0 Å². The van der Waals surface area contributed by atoms with Crippen LogP contribution in [0.5, 0.6) is 0 Å². The van der Waals surface area contributed by atoms with Crippen molar-refractivity contribution in [3.63, 3.8) is 0 Å². The van der Waals surface area contributed by atoms with Crippen molar-refractivity contribution in [1.29, 1.82) is 0 Å². The van der Waals surface area contributed by atoms with Crippen molar-refractivity contribution in [2.24, 2.45) is 0 Å². The van der Waals surface area contributed by atoms with Gasteiger partial charge in [0.2, 0.25) is 0 Å². The van der Waals surface area contributed by atoms with Crippen LogP contribution in [0.25, 0.3) is 10.8 Å². The van der Waals surface area contributed by atoms with Gasteiger partial charge in [0.1, 0.15) is 0 Å². The van der Waals surface area contributed by atoms with E-state index in [-0.39, 0.29) is 12.4 Å². The third kappa shape index (κ3) is 1.63. The fraction of sp³-hybridized carbons (Fsp3) is 0. The SMILES string of the molecule is Cl.Fc1ccc2ccccc2c1F. The Hall–Kier alpha value is -1.15. The predicted molar refractivity (Wildman–Crippen MR) is 51.1 cm³/mol. The van der Waals surface area contributed by atoms with Crippen molar-refractivity contribution in [1.82, 2.24) is 0 Å².